The smallest absolute Gasteiger partial charge is 0.411 e. The van der Waals surface area contributed by atoms with Crippen LogP contribution >= 0.6 is 0 Å². The second-order valence-corrected chi connectivity index (χ2v) is 2.72. The van der Waals surface area contributed by atoms with E-state index in [1.54, 1.807) is 13.0 Å². The van der Waals surface area contributed by atoms with Crippen molar-refractivity contribution in [2.24, 2.45) is 0 Å². The highest BCUT2D eigenvalue weighted by Crippen LogP contribution is 2.25. The molecule has 0 fully saturated rings. The molecule has 16 heavy (non-hydrogen) atoms. The topological polar surface area (TPSA) is 47.6 Å². The minimum Gasteiger partial charge on any atom is -0.450 e. The van der Waals surface area contributed by atoms with Crippen LogP contribution in [0, 0.1) is 0 Å². The summed E-state index contributed by atoms with van der Waals surface area (Å²) in [6, 6.07) is 5.87. The minimum atomic E-state index is -2.94. The molecule has 0 unspecified atom stereocenters. The lowest BCUT2D eigenvalue weighted by atomic mass is 10.3. The Morgan fingerprint density at radius 1 is 1.44 bits per heavy atom. The molecular formula is C10H11F2NO3. The van der Waals surface area contributed by atoms with Crippen LogP contribution in [0.5, 0.6) is 5.75 Å². The number of carbonyl (C=O) groups excluding carboxylic acids is 1. The molecule has 0 aliphatic heterocycles. The third kappa shape index (κ3) is 3.72. The minimum absolute atomic E-state index is 0.106. The van der Waals surface area contributed by atoms with Gasteiger partial charge in [-0.1, -0.05) is 12.1 Å². The zero-order valence-corrected chi connectivity index (χ0v) is 8.57. The summed E-state index contributed by atoms with van der Waals surface area (Å²) in [6.07, 6.45) is -0.715. The average Bonchev–Trinajstić information content (AvgIpc) is 2.20. The number of rotatable bonds is 4. The van der Waals surface area contributed by atoms with Crippen LogP contribution < -0.4 is 10.1 Å². The third-order valence-electron chi connectivity index (χ3n) is 1.62. The van der Waals surface area contributed by atoms with Crippen molar-refractivity contribution in [3.8, 4) is 5.75 Å². The molecule has 6 heteroatoms. The van der Waals surface area contributed by atoms with Crippen LogP contribution in [0.3, 0.4) is 0 Å². The van der Waals surface area contributed by atoms with Gasteiger partial charge in [0.05, 0.1) is 12.3 Å². The second-order valence-electron chi connectivity index (χ2n) is 2.72. The lowest BCUT2D eigenvalue weighted by molar-refractivity contribution is -0.0493. The van der Waals surface area contributed by atoms with Gasteiger partial charge in [0.1, 0.15) is 5.75 Å². The summed E-state index contributed by atoms with van der Waals surface area (Å²) in [5, 5.41) is 2.30. The van der Waals surface area contributed by atoms with E-state index in [0.717, 1.165) is 0 Å². The SMILES string of the molecule is CCOC(=O)Nc1ccccc1OC(F)F. The van der Waals surface area contributed by atoms with Gasteiger partial charge in [0.15, 0.2) is 0 Å². The molecule has 0 saturated heterocycles. The Balaban J connectivity index is 2.74. The monoisotopic (exact) mass is 231 g/mol. The van der Waals surface area contributed by atoms with Gasteiger partial charge in [0, 0.05) is 0 Å². The molecule has 4 nitrogen and oxygen atoms in total. The first kappa shape index (κ1) is 12.2. The van der Waals surface area contributed by atoms with Gasteiger partial charge in [-0.15, -0.1) is 0 Å². The van der Waals surface area contributed by atoms with E-state index in [0.29, 0.717) is 0 Å². The number of halogens is 2. The Hall–Kier alpha value is -1.85. The number of benzene rings is 1. The van der Waals surface area contributed by atoms with Gasteiger partial charge in [-0.3, -0.25) is 5.32 Å². The standard InChI is InChI=1S/C10H11F2NO3/c1-2-15-10(14)13-7-5-3-4-6-8(7)16-9(11)12/h3-6,9H,2H2,1H3,(H,13,14). The van der Waals surface area contributed by atoms with Crippen molar-refractivity contribution in [3.63, 3.8) is 0 Å². The Morgan fingerprint density at radius 3 is 2.75 bits per heavy atom. The first-order valence-electron chi connectivity index (χ1n) is 4.61. The van der Waals surface area contributed by atoms with E-state index in [9.17, 15) is 13.6 Å². The highest BCUT2D eigenvalue weighted by Gasteiger charge is 2.11. The van der Waals surface area contributed by atoms with Gasteiger partial charge in [-0.05, 0) is 19.1 Å². The van der Waals surface area contributed by atoms with Crippen molar-refractivity contribution < 1.29 is 23.0 Å². The van der Waals surface area contributed by atoms with Crippen molar-refractivity contribution in [2.75, 3.05) is 11.9 Å². The Kier molecular flexibility index (Phi) is 4.50. The number of ether oxygens (including phenoxy) is 2. The van der Waals surface area contributed by atoms with Crippen LogP contribution in [-0.2, 0) is 4.74 Å². The Labute approximate surface area is 91.2 Å². The number of amides is 1. The van der Waals surface area contributed by atoms with Crippen molar-refractivity contribution in [1.29, 1.82) is 0 Å². The fourth-order valence-electron chi connectivity index (χ4n) is 1.05. The maximum absolute atomic E-state index is 12.0. The average molecular weight is 231 g/mol. The Bertz CT molecular complexity index is 358. The van der Waals surface area contributed by atoms with Crippen LogP contribution in [-0.4, -0.2) is 19.3 Å². The molecule has 88 valence electrons. The molecule has 0 aliphatic carbocycles. The van der Waals surface area contributed by atoms with E-state index in [1.807, 2.05) is 0 Å². The predicted octanol–water partition coefficient (Wildman–Crippen LogP) is 2.86. The molecule has 0 spiro atoms. The van der Waals surface area contributed by atoms with Crippen LogP contribution in [0.15, 0.2) is 24.3 Å². The first-order chi connectivity index (χ1) is 7.63. The largest absolute Gasteiger partial charge is 0.450 e. The van der Waals surface area contributed by atoms with Gasteiger partial charge in [0.25, 0.3) is 0 Å². The summed E-state index contributed by atoms with van der Waals surface area (Å²) in [6.45, 7) is -1.10. The van der Waals surface area contributed by atoms with E-state index in [2.05, 4.69) is 14.8 Å². The van der Waals surface area contributed by atoms with E-state index in [-0.39, 0.29) is 18.0 Å². The van der Waals surface area contributed by atoms with E-state index in [4.69, 9.17) is 0 Å². The van der Waals surface area contributed by atoms with Gasteiger partial charge in [-0.2, -0.15) is 8.78 Å². The molecule has 1 aromatic rings. The number of para-hydroxylation sites is 2. The molecule has 1 rings (SSSR count). The molecule has 0 bridgehead atoms. The lowest BCUT2D eigenvalue weighted by Crippen LogP contribution is -2.14. The number of hydrogen-bond donors (Lipinski definition) is 1. The van der Waals surface area contributed by atoms with E-state index >= 15 is 0 Å². The molecule has 0 aliphatic rings. The molecule has 0 atom stereocenters. The quantitative estimate of drug-likeness (QED) is 0.866. The number of carbonyl (C=O) groups is 1. The summed E-state index contributed by atoms with van der Waals surface area (Å²) >= 11 is 0. The Morgan fingerprint density at radius 2 is 2.12 bits per heavy atom. The zero-order chi connectivity index (χ0) is 12.0. The molecule has 1 amide bonds. The third-order valence-corrected chi connectivity index (χ3v) is 1.62. The van der Waals surface area contributed by atoms with E-state index in [1.165, 1.54) is 18.2 Å². The summed E-state index contributed by atoms with van der Waals surface area (Å²) in [4.78, 5) is 11.1. The van der Waals surface area contributed by atoms with Crippen molar-refractivity contribution in [2.45, 2.75) is 13.5 Å². The molecule has 0 heterocycles. The first-order valence-corrected chi connectivity index (χ1v) is 4.61. The molecule has 0 saturated carbocycles. The predicted molar refractivity (Wildman–Crippen MR) is 53.7 cm³/mol. The van der Waals surface area contributed by atoms with Crippen LogP contribution in [0.25, 0.3) is 0 Å². The van der Waals surface area contributed by atoms with E-state index < -0.39 is 12.7 Å². The molecule has 0 aromatic heterocycles. The molecule has 1 aromatic carbocycles. The molecular weight excluding hydrogens is 220 g/mol. The van der Waals surface area contributed by atoms with Crippen LogP contribution in [0.1, 0.15) is 6.92 Å². The fourth-order valence-corrected chi connectivity index (χ4v) is 1.05. The maximum Gasteiger partial charge on any atom is 0.411 e. The normalized spacial score (nSPS) is 10.0. The molecule has 0 radical (unpaired) electrons. The summed E-state index contributed by atoms with van der Waals surface area (Å²) < 4.78 is 32.9. The summed E-state index contributed by atoms with van der Waals surface area (Å²) in [7, 11) is 0. The summed E-state index contributed by atoms with van der Waals surface area (Å²) in [5.74, 6) is -0.106. The number of alkyl halides is 2. The highest BCUT2D eigenvalue weighted by atomic mass is 19.3. The number of nitrogens with one attached hydrogen (secondary N) is 1. The number of hydrogen-bond acceptors (Lipinski definition) is 3. The number of anilines is 1. The second kappa shape index (κ2) is 5.89. The highest BCUT2D eigenvalue weighted by molar-refractivity contribution is 5.86. The maximum atomic E-state index is 12.0. The summed E-state index contributed by atoms with van der Waals surface area (Å²) in [5.41, 5.74) is 0.140. The van der Waals surface area contributed by atoms with Gasteiger partial charge in [0.2, 0.25) is 0 Å². The van der Waals surface area contributed by atoms with Gasteiger partial charge < -0.3 is 9.47 Å². The van der Waals surface area contributed by atoms with Crippen molar-refractivity contribution >= 4 is 11.8 Å². The zero-order valence-electron chi connectivity index (χ0n) is 8.57. The van der Waals surface area contributed by atoms with Gasteiger partial charge >= 0.3 is 12.7 Å². The molecule has 1 N–H and O–H groups in total. The lowest BCUT2D eigenvalue weighted by Gasteiger charge is -2.11. The fraction of sp³-hybridized carbons (Fsp3) is 0.300. The van der Waals surface area contributed by atoms with Crippen LogP contribution in [0.2, 0.25) is 0 Å². The van der Waals surface area contributed by atoms with Crippen molar-refractivity contribution in [3.05, 3.63) is 24.3 Å². The van der Waals surface area contributed by atoms with Crippen molar-refractivity contribution in [1.82, 2.24) is 0 Å². The van der Waals surface area contributed by atoms with Gasteiger partial charge in [-0.25, -0.2) is 4.79 Å². The van der Waals surface area contributed by atoms with Crippen LogP contribution in [0.4, 0.5) is 19.3 Å².